The minimum atomic E-state index is -1.71. The highest BCUT2D eigenvalue weighted by molar-refractivity contribution is 5.26. The third-order valence-electron chi connectivity index (χ3n) is 1.96. The number of aryl methyl sites for hydroxylation is 1. The highest BCUT2D eigenvalue weighted by atomic mass is 19.2. The first-order chi connectivity index (χ1) is 6.19. The van der Waals surface area contributed by atoms with Crippen molar-refractivity contribution in [2.75, 3.05) is 6.67 Å². The molecule has 1 unspecified atom stereocenters. The maximum Gasteiger partial charge on any atom is 0.153 e. The molecule has 0 heterocycles. The first-order valence-corrected chi connectivity index (χ1v) is 4.17. The molecule has 72 valence electrons. The molecule has 0 bridgehead atoms. The van der Waals surface area contributed by atoms with Crippen LogP contribution in [0.25, 0.3) is 0 Å². The lowest BCUT2D eigenvalue weighted by molar-refractivity contribution is 0.265. The van der Waals surface area contributed by atoms with E-state index in [1.54, 1.807) is 6.92 Å². The summed E-state index contributed by atoms with van der Waals surface area (Å²) in [5.41, 5.74) is 0.590. The molecule has 0 N–H and O–H groups in total. The van der Waals surface area contributed by atoms with Crippen molar-refractivity contribution < 1.29 is 13.2 Å². The Balaban J connectivity index is 2.95. The van der Waals surface area contributed by atoms with Crippen LogP contribution in [0.15, 0.2) is 18.2 Å². The Bertz CT molecular complexity index is 283. The van der Waals surface area contributed by atoms with Gasteiger partial charge in [0.1, 0.15) is 12.5 Å². The molecule has 3 heteroatoms. The smallest absolute Gasteiger partial charge is 0.153 e. The molecule has 0 nitrogen and oxygen atoms in total. The molecular weight excluding hydrogens is 177 g/mol. The van der Waals surface area contributed by atoms with Crippen molar-refractivity contribution in [2.24, 2.45) is 0 Å². The summed E-state index contributed by atoms with van der Waals surface area (Å²) in [6.45, 7) is 0.699. The van der Waals surface area contributed by atoms with Gasteiger partial charge >= 0.3 is 0 Å². The summed E-state index contributed by atoms with van der Waals surface area (Å²) in [6, 6.07) is 3.97. The Morgan fingerprint density at radius 1 is 1.38 bits per heavy atom. The van der Waals surface area contributed by atoms with E-state index in [1.807, 2.05) is 0 Å². The van der Waals surface area contributed by atoms with Gasteiger partial charge in [-0.25, -0.2) is 13.2 Å². The molecule has 13 heavy (non-hydrogen) atoms. The molecule has 1 rings (SSSR count). The third kappa shape index (κ3) is 2.23. The van der Waals surface area contributed by atoms with E-state index in [0.29, 0.717) is 12.0 Å². The molecule has 0 aliphatic rings. The Kier molecular flexibility index (Phi) is 3.34. The lowest BCUT2D eigenvalue weighted by atomic mass is 10.1. The van der Waals surface area contributed by atoms with Gasteiger partial charge in [-0.15, -0.1) is 0 Å². The highest BCUT2D eigenvalue weighted by Crippen LogP contribution is 2.20. The van der Waals surface area contributed by atoms with Crippen LogP contribution in [0.4, 0.5) is 13.2 Å². The minimum Gasteiger partial charge on any atom is -0.248 e. The first kappa shape index (κ1) is 10.1. The van der Waals surface area contributed by atoms with Gasteiger partial charge in [0.25, 0.3) is 0 Å². The number of hydrogen-bond acceptors (Lipinski definition) is 0. The number of rotatable bonds is 3. The summed E-state index contributed by atoms with van der Waals surface area (Å²) in [5, 5.41) is 0. The number of hydrogen-bond donors (Lipinski definition) is 0. The highest BCUT2D eigenvalue weighted by Gasteiger charge is 2.11. The van der Waals surface area contributed by atoms with Crippen molar-refractivity contribution in [1.29, 1.82) is 0 Å². The van der Waals surface area contributed by atoms with Crippen LogP contribution >= 0.6 is 0 Å². The predicted molar refractivity (Wildman–Crippen MR) is 45.6 cm³/mol. The second kappa shape index (κ2) is 4.30. The SMILES string of the molecule is CCc1ccc(C(F)CF)cc1F. The van der Waals surface area contributed by atoms with E-state index in [0.717, 1.165) is 6.07 Å². The zero-order valence-electron chi connectivity index (χ0n) is 7.36. The summed E-state index contributed by atoms with van der Waals surface area (Å²) < 4.78 is 37.7. The molecule has 0 amide bonds. The number of benzene rings is 1. The molecule has 0 spiro atoms. The molecule has 0 saturated heterocycles. The molecule has 1 aromatic carbocycles. The average molecular weight is 188 g/mol. The van der Waals surface area contributed by atoms with E-state index in [9.17, 15) is 13.2 Å². The summed E-state index contributed by atoms with van der Waals surface area (Å²) in [4.78, 5) is 0. The van der Waals surface area contributed by atoms with Gasteiger partial charge in [0.2, 0.25) is 0 Å². The van der Waals surface area contributed by atoms with Gasteiger partial charge in [-0.1, -0.05) is 19.1 Å². The van der Waals surface area contributed by atoms with Gasteiger partial charge in [0.05, 0.1) is 0 Å². The lowest BCUT2D eigenvalue weighted by Crippen LogP contribution is -1.96. The molecule has 1 aromatic rings. The molecular formula is C10H11F3. The fourth-order valence-electron chi connectivity index (χ4n) is 1.13. The van der Waals surface area contributed by atoms with Gasteiger partial charge in [-0.3, -0.25) is 0 Å². The number of halogens is 3. The molecule has 0 saturated carbocycles. The predicted octanol–water partition coefficient (Wildman–Crippen LogP) is 3.37. The first-order valence-electron chi connectivity index (χ1n) is 4.17. The standard InChI is InChI=1S/C10H11F3/c1-2-7-3-4-8(5-9(7)12)10(13)6-11/h3-5,10H,2,6H2,1H3. The van der Waals surface area contributed by atoms with Crippen molar-refractivity contribution in [3.05, 3.63) is 35.1 Å². The van der Waals surface area contributed by atoms with Gasteiger partial charge in [-0.05, 0) is 23.6 Å². The molecule has 0 aliphatic carbocycles. The quantitative estimate of drug-likeness (QED) is 0.682. The molecule has 0 aromatic heterocycles. The summed E-state index contributed by atoms with van der Waals surface area (Å²) >= 11 is 0. The Morgan fingerprint density at radius 3 is 2.54 bits per heavy atom. The maximum atomic E-state index is 13.1. The van der Waals surface area contributed by atoms with Crippen LogP contribution in [-0.2, 0) is 6.42 Å². The van der Waals surface area contributed by atoms with E-state index >= 15 is 0 Å². The van der Waals surface area contributed by atoms with Crippen LogP contribution in [0.1, 0.15) is 24.2 Å². The third-order valence-corrected chi connectivity index (χ3v) is 1.96. The molecule has 0 aliphatic heterocycles. The van der Waals surface area contributed by atoms with Crippen molar-refractivity contribution in [3.63, 3.8) is 0 Å². The van der Waals surface area contributed by atoms with Crippen LogP contribution in [-0.4, -0.2) is 6.67 Å². The van der Waals surface area contributed by atoms with Crippen molar-refractivity contribution in [1.82, 2.24) is 0 Å². The second-order valence-corrected chi connectivity index (χ2v) is 2.83. The van der Waals surface area contributed by atoms with E-state index in [-0.39, 0.29) is 5.56 Å². The summed E-state index contributed by atoms with van der Waals surface area (Å²) in [6.07, 6.45) is -1.15. The van der Waals surface area contributed by atoms with E-state index in [1.165, 1.54) is 12.1 Å². The van der Waals surface area contributed by atoms with Gasteiger partial charge in [0.15, 0.2) is 6.17 Å². The molecule has 1 atom stereocenters. The Hall–Kier alpha value is -0.990. The topological polar surface area (TPSA) is 0 Å². The fraction of sp³-hybridized carbons (Fsp3) is 0.400. The van der Waals surface area contributed by atoms with Crippen LogP contribution < -0.4 is 0 Å². The van der Waals surface area contributed by atoms with Crippen molar-refractivity contribution in [3.8, 4) is 0 Å². The number of alkyl halides is 2. The monoisotopic (exact) mass is 188 g/mol. The minimum absolute atomic E-state index is 0.0669. The summed E-state index contributed by atoms with van der Waals surface area (Å²) in [5.74, 6) is -0.462. The van der Waals surface area contributed by atoms with E-state index in [4.69, 9.17) is 0 Å². The van der Waals surface area contributed by atoms with Gasteiger partial charge in [-0.2, -0.15) is 0 Å². The van der Waals surface area contributed by atoms with Crippen LogP contribution in [0, 0.1) is 5.82 Å². The lowest BCUT2D eigenvalue weighted by Gasteiger charge is -2.05. The van der Waals surface area contributed by atoms with Crippen LogP contribution in [0.5, 0.6) is 0 Å². The molecule has 0 radical (unpaired) electrons. The Labute approximate surface area is 75.4 Å². The molecule has 0 fully saturated rings. The van der Waals surface area contributed by atoms with Crippen LogP contribution in [0.3, 0.4) is 0 Å². The van der Waals surface area contributed by atoms with Crippen molar-refractivity contribution in [2.45, 2.75) is 19.5 Å². The average Bonchev–Trinajstić information content (AvgIpc) is 2.16. The van der Waals surface area contributed by atoms with E-state index in [2.05, 4.69) is 0 Å². The Morgan fingerprint density at radius 2 is 2.08 bits per heavy atom. The largest absolute Gasteiger partial charge is 0.248 e. The van der Waals surface area contributed by atoms with Crippen LogP contribution in [0.2, 0.25) is 0 Å². The van der Waals surface area contributed by atoms with E-state index < -0.39 is 18.7 Å². The van der Waals surface area contributed by atoms with Gasteiger partial charge < -0.3 is 0 Å². The maximum absolute atomic E-state index is 13.1. The van der Waals surface area contributed by atoms with Gasteiger partial charge in [0, 0.05) is 0 Å². The zero-order valence-corrected chi connectivity index (χ0v) is 7.36. The van der Waals surface area contributed by atoms with Crippen molar-refractivity contribution >= 4 is 0 Å². The second-order valence-electron chi connectivity index (χ2n) is 2.83. The zero-order chi connectivity index (χ0) is 9.84. The normalized spacial score (nSPS) is 12.9. The fourth-order valence-corrected chi connectivity index (χ4v) is 1.13. The summed E-state index contributed by atoms with van der Waals surface area (Å²) in [7, 11) is 0.